The molecule has 1 aliphatic rings. The number of benzene rings is 1. The van der Waals surface area contributed by atoms with E-state index in [0.29, 0.717) is 5.92 Å². The molecule has 2 rings (SSSR count). The molecule has 4 heteroatoms. The molecule has 0 radical (unpaired) electrons. The lowest BCUT2D eigenvalue weighted by atomic mass is 9.89. The Labute approximate surface area is 133 Å². The average Bonchev–Trinajstić information content (AvgIpc) is 2.50. The molecule has 0 amide bonds. The van der Waals surface area contributed by atoms with Crippen LogP contribution in [0.2, 0.25) is 5.02 Å². The lowest BCUT2D eigenvalue weighted by molar-refractivity contribution is 0.0930. The number of hydrogen-bond acceptors (Lipinski definition) is 3. The molecular weight excluding hydrogens is 284 g/mol. The van der Waals surface area contributed by atoms with Gasteiger partial charge in [-0.15, -0.1) is 0 Å². The topological polar surface area (TPSA) is 49.5 Å². The fraction of sp³-hybridized carbons (Fsp3) is 0.647. The van der Waals surface area contributed by atoms with Gasteiger partial charge in [0.25, 0.3) is 0 Å². The Bertz CT molecular complexity index is 421. The van der Waals surface area contributed by atoms with E-state index < -0.39 is 0 Å². The summed E-state index contributed by atoms with van der Waals surface area (Å²) in [6, 6.07) is 8.45. The molecule has 1 aromatic rings. The van der Waals surface area contributed by atoms with Gasteiger partial charge in [-0.1, -0.05) is 30.7 Å². The SMILES string of the molecule is CCC(N)C(c1ccc(Cl)cc1)N1CCCC(CCO)C1. The van der Waals surface area contributed by atoms with Crippen LogP contribution in [0.15, 0.2) is 24.3 Å². The van der Waals surface area contributed by atoms with E-state index in [1.165, 1.54) is 18.4 Å². The number of rotatable bonds is 6. The van der Waals surface area contributed by atoms with Crippen LogP contribution in [0.25, 0.3) is 0 Å². The number of nitrogens with two attached hydrogens (primary N) is 1. The van der Waals surface area contributed by atoms with Crippen LogP contribution in [0.4, 0.5) is 0 Å². The molecule has 118 valence electrons. The van der Waals surface area contributed by atoms with E-state index in [1.54, 1.807) is 0 Å². The highest BCUT2D eigenvalue weighted by Gasteiger charge is 2.29. The number of piperidine rings is 1. The van der Waals surface area contributed by atoms with Gasteiger partial charge in [0.15, 0.2) is 0 Å². The van der Waals surface area contributed by atoms with Gasteiger partial charge in [0.2, 0.25) is 0 Å². The molecule has 1 aromatic carbocycles. The van der Waals surface area contributed by atoms with Crippen LogP contribution < -0.4 is 5.73 Å². The summed E-state index contributed by atoms with van der Waals surface area (Å²) in [7, 11) is 0. The van der Waals surface area contributed by atoms with Gasteiger partial charge in [-0.3, -0.25) is 4.90 Å². The molecule has 3 N–H and O–H groups in total. The summed E-state index contributed by atoms with van der Waals surface area (Å²) in [5.74, 6) is 0.586. The monoisotopic (exact) mass is 310 g/mol. The van der Waals surface area contributed by atoms with Crippen molar-refractivity contribution in [1.29, 1.82) is 0 Å². The van der Waals surface area contributed by atoms with Gasteiger partial charge in [0.05, 0.1) is 0 Å². The van der Waals surface area contributed by atoms with Gasteiger partial charge in [-0.2, -0.15) is 0 Å². The molecule has 21 heavy (non-hydrogen) atoms. The first kappa shape index (κ1) is 16.8. The van der Waals surface area contributed by atoms with E-state index in [2.05, 4.69) is 24.0 Å². The van der Waals surface area contributed by atoms with E-state index in [-0.39, 0.29) is 18.7 Å². The molecule has 1 saturated heterocycles. The largest absolute Gasteiger partial charge is 0.396 e. The number of aliphatic hydroxyl groups is 1. The first-order chi connectivity index (χ1) is 10.2. The van der Waals surface area contributed by atoms with Gasteiger partial charge < -0.3 is 10.8 Å². The predicted octanol–water partition coefficient (Wildman–Crippen LogP) is 3.21. The fourth-order valence-corrected chi connectivity index (χ4v) is 3.51. The van der Waals surface area contributed by atoms with Crippen molar-refractivity contribution in [3.8, 4) is 0 Å². The van der Waals surface area contributed by atoms with Crippen molar-refractivity contribution >= 4 is 11.6 Å². The molecule has 0 spiro atoms. The zero-order valence-corrected chi connectivity index (χ0v) is 13.6. The number of halogens is 1. The molecule has 3 unspecified atom stereocenters. The highest BCUT2D eigenvalue weighted by atomic mass is 35.5. The highest BCUT2D eigenvalue weighted by Crippen LogP contribution is 2.31. The molecule has 0 aromatic heterocycles. The van der Waals surface area contributed by atoms with Crippen LogP contribution in [0, 0.1) is 5.92 Å². The quantitative estimate of drug-likeness (QED) is 0.848. The Hall–Kier alpha value is -0.610. The summed E-state index contributed by atoms with van der Waals surface area (Å²) in [5.41, 5.74) is 7.66. The molecule has 0 bridgehead atoms. The van der Waals surface area contributed by atoms with E-state index in [9.17, 15) is 5.11 Å². The number of hydrogen-bond donors (Lipinski definition) is 2. The maximum absolute atomic E-state index is 9.19. The zero-order valence-electron chi connectivity index (χ0n) is 12.8. The number of aliphatic hydroxyl groups excluding tert-OH is 1. The summed E-state index contributed by atoms with van der Waals surface area (Å²) < 4.78 is 0. The summed E-state index contributed by atoms with van der Waals surface area (Å²) in [5, 5.41) is 9.95. The van der Waals surface area contributed by atoms with Crippen molar-refractivity contribution in [3.05, 3.63) is 34.9 Å². The van der Waals surface area contributed by atoms with Gasteiger partial charge in [-0.05, 0) is 55.8 Å². The van der Waals surface area contributed by atoms with E-state index in [1.807, 2.05) is 12.1 Å². The van der Waals surface area contributed by atoms with Gasteiger partial charge in [-0.25, -0.2) is 0 Å². The molecule has 1 heterocycles. The van der Waals surface area contributed by atoms with Gasteiger partial charge in [0.1, 0.15) is 0 Å². The van der Waals surface area contributed by atoms with Crippen LogP contribution in [0.3, 0.4) is 0 Å². The lowest BCUT2D eigenvalue weighted by Gasteiger charge is -2.41. The second-order valence-corrected chi connectivity index (χ2v) is 6.52. The third kappa shape index (κ3) is 4.43. The molecule has 1 aliphatic heterocycles. The average molecular weight is 311 g/mol. The predicted molar refractivity (Wildman–Crippen MR) is 88.5 cm³/mol. The van der Waals surface area contributed by atoms with Crippen molar-refractivity contribution in [2.45, 2.75) is 44.7 Å². The van der Waals surface area contributed by atoms with Gasteiger partial charge in [0, 0.05) is 30.3 Å². The zero-order chi connectivity index (χ0) is 15.2. The number of likely N-dealkylation sites (tertiary alicyclic amines) is 1. The van der Waals surface area contributed by atoms with Crippen molar-refractivity contribution in [3.63, 3.8) is 0 Å². The Morgan fingerprint density at radius 1 is 1.38 bits per heavy atom. The molecule has 0 saturated carbocycles. The Kier molecular flexibility index (Phi) is 6.49. The van der Waals surface area contributed by atoms with Crippen LogP contribution in [0.5, 0.6) is 0 Å². The third-order valence-electron chi connectivity index (χ3n) is 4.57. The van der Waals surface area contributed by atoms with Crippen LogP contribution >= 0.6 is 11.6 Å². The van der Waals surface area contributed by atoms with Crippen molar-refractivity contribution in [1.82, 2.24) is 4.90 Å². The highest BCUT2D eigenvalue weighted by molar-refractivity contribution is 6.30. The van der Waals surface area contributed by atoms with Crippen molar-refractivity contribution < 1.29 is 5.11 Å². The van der Waals surface area contributed by atoms with E-state index in [4.69, 9.17) is 17.3 Å². The molecule has 3 nitrogen and oxygen atoms in total. The van der Waals surface area contributed by atoms with Crippen molar-refractivity contribution in [2.75, 3.05) is 19.7 Å². The van der Waals surface area contributed by atoms with Gasteiger partial charge >= 0.3 is 0 Å². The lowest BCUT2D eigenvalue weighted by Crippen LogP contribution is -2.45. The normalized spacial score (nSPS) is 23.0. The molecule has 3 atom stereocenters. The van der Waals surface area contributed by atoms with E-state index in [0.717, 1.165) is 31.0 Å². The molecule has 0 aliphatic carbocycles. The van der Waals surface area contributed by atoms with Crippen LogP contribution in [-0.2, 0) is 0 Å². The molecule has 1 fully saturated rings. The second kappa shape index (κ2) is 8.14. The smallest absolute Gasteiger partial charge is 0.0499 e. The van der Waals surface area contributed by atoms with Crippen LogP contribution in [0.1, 0.15) is 44.2 Å². The molecular formula is C17H27ClN2O. The van der Waals surface area contributed by atoms with E-state index >= 15 is 0 Å². The minimum atomic E-state index is 0.124. The first-order valence-corrected chi connectivity index (χ1v) is 8.39. The maximum atomic E-state index is 9.19. The van der Waals surface area contributed by atoms with Crippen LogP contribution in [-0.4, -0.2) is 35.7 Å². The minimum absolute atomic E-state index is 0.124. The second-order valence-electron chi connectivity index (χ2n) is 6.08. The Morgan fingerprint density at radius 2 is 2.10 bits per heavy atom. The summed E-state index contributed by atoms with van der Waals surface area (Å²) >= 11 is 6.01. The Balaban J connectivity index is 2.17. The number of nitrogens with zero attached hydrogens (tertiary/aromatic N) is 1. The first-order valence-electron chi connectivity index (χ1n) is 8.01. The minimum Gasteiger partial charge on any atom is -0.396 e. The summed E-state index contributed by atoms with van der Waals surface area (Å²) in [6.45, 7) is 4.54. The summed E-state index contributed by atoms with van der Waals surface area (Å²) in [6.07, 6.45) is 4.25. The Morgan fingerprint density at radius 3 is 2.71 bits per heavy atom. The van der Waals surface area contributed by atoms with Crippen molar-refractivity contribution in [2.24, 2.45) is 11.7 Å². The standard InChI is InChI=1S/C17H27ClN2O/c1-2-16(19)17(14-5-7-15(18)8-6-14)20-10-3-4-13(12-20)9-11-21/h5-8,13,16-17,21H,2-4,9-12,19H2,1H3. The maximum Gasteiger partial charge on any atom is 0.0499 e. The third-order valence-corrected chi connectivity index (χ3v) is 4.82. The fourth-order valence-electron chi connectivity index (χ4n) is 3.38. The summed E-state index contributed by atoms with van der Waals surface area (Å²) in [4.78, 5) is 2.50.